The van der Waals surface area contributed by atoms with E-state index in [1.807, 2.05) is 0 Å². The summed E-state index contributed by atoms with van der Waals surface area (Å²) in [5.41, 5.74) is 1.17. The smallest absolute Gasteiger partial charge is 0.387 e. The standard InChI is InChI=1S/C17H12ClF2N3O3S/c18-11-3-1-10(2-4-11)15-22-23-17(26-15)27-9-14(24)21-12-5-7-13(8-6-12)25-16(19)20/h1-8,16H,9H2,(H,21,24). The van der Waals surface area contributed by atoms with E-state index in [1.165, 1.54) is 24.3 Å². The Morgan fingerprint density at radius 1 is 1.15 bits per heavy atom. The molecular formula is C17H12ClF2N3O3S. The summed E-state index contributed by atoms with van der Waals surface area (Å²) in [6.07, 6.45) is 0. The van der Waals surface area contributed by atoms with Gasteiger partial charge in [-0.05, 0) is 48.5 Å². The number of rotatable bonds is 7. The van der Waals surface area contributed by atoms with Gasteiger partial charge in [-0.3, -0.25) is 4.79 Å². The van der Waals surface area contributed by atoms with Crippen molar-refractivity contribution in [3.63, 3.8) is 0 Å². The lowest BCUT2D eigenvalue weighted by Gasteiger charge is -2.06. The second-order valence-electron chi connectivity index (χ2n) is 5.12. The number of thioether (sulfide) groups is 1. The molecule has 1 aromatic heterocycles. The monoisotopic (exact) mass is 411 g/mol. The Morgan fingerprint density at radius 3 is 2.52 bits per heavy atom. The molecule has 27 heavy (non-hydrogen) atoms. The number of carbonyl (C=O) groups excluding carboxylic acids is 1. The van der Waals surface area contributed by atoms with Gasteiger partial charge in [0.15, 0.2) is 0 Å². The van der Waals surface area contributed by atoms with E-state index in [1.54, 1.807) is 24.3 Å². The van der Waals surface area contributed by atoms with Crippen LogP contribution in [0.4, 0.5) is 14.5 Å². The molecule has 0 unspecified atom stereocenters. The molecule has 1 heterocycles. The number of nitrogens with zero attached hydrogens (tertiary/aromatic N) is 2. The summed E-state index contributed by atoms with van der Waals surface area (Å²) < 4.78 is 33.9. The number of benzene rings is 2. The number of aromatic nitrogens is 2. The van der Waals surface area contributed by atoms with Crippen LogP contribution in [-0.2, 0) is 4.79 Å². The lowest BCUT2D eigenvalue weighted by Crippen LogP contribution is -2.14. The molecule has 10 heteroatoms. The largest absolute Gasteiger partial charge is 0.435 e. The maximum absolute atomic E-state index is 12.1. The molecular weight excluding hydrogens is 400 g/mol. The van der Waals surface area contributed by atoms with E-state index >= 15 is 0 Å². The van der Waals surface area contributed by atoms with Crippen LogP contribution < -0.4 is 10.1 Å². The minimum atomic E-state index is -2.89. The van der Waals surface area contributed by atoms with Gasteiger partial charge < -0.3 is 14.5 Å². The van der Waals surface area contributed by atoms with Crippen molar-refractivity contribution in [2.75, 3.05) is 11.1 Å². The third-order valence-corrected chi connectivity index (χ3v) is 4.26. The average molecular weight is 412 g/mol. The van der Waals surface area contributed by atoms with E-state index in [2.05, 4.69) is 20.3 Å². The Hall–Kier alpha value is -2.65. The molecule has 140 valence electrons. The predicted octanol–water partition coefficient (Wildman–Crippen LogP) is 4.72. The summed E-state index contributed by atoms with van der Waals surface area (Å²) in [6, 6.07) is 12.5. The lowest BCUT2D eigenvalue weighted by atomic mass is 10.2. The van der Waals surface area contributed by atoms with Crippen molar-refractivity contribution in [3.05, 3.63) is 53.6 Å². The van der Waals surface area contributed by atoms with Gasteiger partial charge in [0.05, 0.1) is 5.75 Å². The lowest BCUT2D eigenvalue weighted by molar-refractivity contribution is -0.113. The Morgan fingerprint density at radius 2 is 1.85 bits per heavy atom. The summed E-state index contributed by atoms with van der Waals surface area (Å²) in [5.74, 6) is 0.0632. The first-order chi connectivity index (χ1) is 13.0. The van der Waals surface area contributed by atoms with Gasteiger partial charge in [0.1, 0.15) is 5.75 Å². The van der Waals surface area contributed by atoms with Crippen molar-refractivity contribution in [2.24, 2.45) is 0 Å². The van der Waals surface area contributed by atoms with Gasteiger partial charge in [-0.2, -0.15) is 8.78 Å². The Kier molecular flexibility index (Phi) is 6.25. The predicted molar refractivity (Wildman–Crippen MR) is 97.2 cm³/mol. The van der Waals surface area contributed by atoms with Crippen LogP contribution in [0.2, 0.25) is 5.02 Å². The molecule has 1 N–H and O–H groups in total. The highest BCUT2D eigenvalue weighted by Crippen LogP contribution is 2.24. The first-order valence-corrected chi connectivity index (χ1v) is 8.93. The van der Waals surface area contributed by atoms with E-state index in [4.69, 9.17) is 16.0 Å². The molecule has 1 amide bonds. The van der Waals surface area contributed by atoms with Crippen molar-refractivity contribution in [2.45, 2.75) is 11.8 Å². The van der Waals surface area contributed by atoms with Crippen molar-refractivity contribution >= 4 is 35.0 Å². The Bertz CT molecular complexity index is 905. The molecule has 0 bridgehead atoms. The number of carbonyl (C=O) groups is 1. The van der Waals surface area contributed by atoms with E-state index in [0.717, 1.165) is 11.8 Å². The molecule has 3 rings (SSSR count). The number of ether oxygens (including phenoxy) is 1. The fourth-order valence-corrected chi connectivity index (χ4v) is 2.71. The van der Waals surface area contributed by atoms with Crippen LogP contribution in [0.1, 0.15) is 0 Å². The third kappa shape index (κ3) is 5.66. The van der Waals surface area contributed by atoms with Gasteiger partial charge in [0, 0.05) is 16.3 Å². The van der Waals surface area contributed by atoms with E-state index in [-0.39, 0.29) is 22.6 Å². The van der Waals surface area contributed by atoms with E-state index in [0.29, 0.717) is 22.2 Å². The summed E-state index contributed by atoms with van der Waals surface area (Å²) in [5, 5.41) is 11.3. The molecule has 0 spiro atoms. The van der Waals surface area contributed by atoms with Crippen molar-refractivity contribution in [1.29, 1.82) is 0 Å². The zero-order valence-electron chi connectivity index (χ0n) is 13.6. The quantitative estimate of drug-likeness (QED) is 0.567. The molecule has 0 fully saturated rings. The summed E-state index contributed by atoms with van der Waals surface area (Å²) in [4.78, 5) is 12.0. The van der Waals surface area contributed by atoms with Gasteiger partial charge in [-0.25, -0.2) is 0 Å². The van der Waals surface area contributed by atoms with Gasteiger partial charge in [-0.15, -0.1) is 10.2 Å². The van der Waals surface area contributed by atoms with Crippen molar-refractivity contribution in [1.82, 2.24) is 10.2 Å². The number of alkyl halides is 2. The highest BCUT2D eigenvalue weighted by molar-refractivity contribution is 7.99. The number of anilines is 1. The highest BCUT2D eigenvalue weighted by atomic mass is 35.5. The fourth-order valence-electron chi connectivity index (χ4n) is 2.02. The van der Waals surface area contributed by atoms with E-state index < -0.39 is 6.61 Å². The summed E-state index contributed by atoms with van der Waals surface area (Å²) >= 11 is 6.91. The van der Waals surface area contributed by atoms with E-state index in [9.17, 15) is 13.6 Å². The molecule has 3 aromatic rings. The maximum atomic E-state index is 12.1. The van der Waals surface area contributed by atoms with Crippen LogP contribution in [0, 0.1) is 0 Å². The first-order valence-electron chi connectivity index (χ1n) is 7.56. The fraction of sp³-hybridized carbons (Fsp3) is 0.118. The number of halogens is 3. The zero-order chi connectivity index (χ0) is 19.2. The summed E-state index contributed by atoms with van der Waals surface area (Å²) in [7, 11) is 0. The first kappa shape index (κ1) is 19.1. The third-order valence-electron chi connectivity index (χ3n) is 3.19. The molecule has 0 aliphatic heterocycles. The number of hydrogen-bond donors (Lipinski definition) is 1. The van der Waals surface area contributed by atoms with Crippen LogP contribution in [0.15, 0.2) is 58.2 Å². The van der Waals surface area contributed by atoms with Gasteiger partial charge >= 0.3 is 6.61 Å². The SMILES string of the molecule is O=C(CSc1nnc(-c2ccc(Cl)cc2)o1)Nc1ccc(OC(F)F)cc1. The minimum absolute atomic E-state index is 0.0120. The minimum Gasteiger partial charge on any atom is -0.435 e. The topological polar surface area (TPSA) is 77.2 Å². The molecule has 0 saturated carbocycles. The Balaban J connectivity index is 1.51. The normalized spacial score (nSPS) is 10.8. The van der Waals surface area contributed by atoms with Crippen LogP contribution in [0.3, 0.4) is 0 Å². The van der Waals surface area contributed by atoms with Crippen LogP contribution in [0.25, 0.3) is 11.5 Å². The Labute approximate surface area is 161 Å². The average Bonchev–Trinajstić information content (AvgIpc) is 3.11. The number of hydrogen-bond acceptors (Lipinski definition) is 6. The van der Waals surface area contributed by atoms with Crippen LogP contribution >= 0.6 is 23.4 Å². The second-order valence-corrected chi connectivity index (χ2v) is 6.48. The molecule has 0 aliphatic carbocycles. The van der Waals surface area contributed by atoms with Gasteiger partial charge in [0.25, 0.3) is 5.22 Å². The molecule has 2 aromatic carbocycles. The van der Waals surface area contributed by atoms with Crippen LogP contribution in [0.5, 0.6) is 5.75 Å². The second kappa shape index (κ2) is 8.83. The van der Waals surface area contributed by atoms with Crippen molar-refractivity contribution in [3.8, 4) is 17.2 Å². The summed E-state index contributed by atoms with van der Waals surface area (Å²) in [6.45, 7) is -2.89. The van der Waals surface area contributed by atoms with Gasteiger partial charge in [-0.1, -0.05) is 23.4 Å². The molecule has 0 atom stereocenters. The number of amides is 1. The highest BCUT2D eigenvalue weighted by Gasteiger charge is 2.12. The van der Waals surface area contributed by atoms with Crippen molar-refractivity contribution < 1.29 is 22.7 Å². The zero-order valence-corrected chi connectivity index (χ0v) is 15.1. The molecule has 0 radical (unpaired) electrons. The van der Waals surface area contributed by atoms with Gasteiger partial charge in [0.2, 0.25) is 11.8 Å². The van der Waals surface area contributed by atoms with Crippen LogP contribution in [-0.4, -0.2) is 28.5 Å². The maximum Gasteiger partial charge on any atom is 0.387 e. The molecule has 0 saturated heterocycles. The molecule has 6 nitrogen and oxygen atoms in total. The number of nitrogens with one attached hydrogen (secondary N) is 1. The molecule has 0 aliphatic rings.